The summed E-state index contributed by atoms with van der Waals surface area (Å²) in [6.45, 7) is 0.247. The predicted molar refractivity (Wildman–Crippen MR) is 57.2 cm³/mol. The van der Waals surface area contributed by atoms with Crippen LogP contribution in [0.2, 0.25) is 0 Å². The Morgan fingerprint density at radius 2 is 2.35 bits per heavy atom. The summed E-state index contributed by atoms with van der Waals surface area (Å²) < 4.78 is 4.55. The number of aromatic carboxylic acids is 1. The van der Waals surface area contributed by atoms with E-state index in [2.05, 4.69) is 25.0 Å². The average molecular weight is 235 g/mol. The molecule has 2 aromatic heterocycles. The number of pyridine rings is 1. The van der Waals surface area contributed by atoms with Gasteiger partial charge in [0.2, 0.25) is 6.39 Å². The molecule has 0 amide bonds. The first-order chi connectivity index (χ1) is 8.18. The highest BCUT2D eigenvalue weighted by Crippen LogP contribution is 2.20. The lowest BCUT2D eigenvalue weighted by atomic mass is 10.2. The summed E-state index contributed by atoms with van der Waals surface area (Å²) in [5, 5.41) is 15.3. The highest BCUT2D eigenvalue weighted by atomic mass is 16.5. The van der Waals surface area contributed by atoms with Crippen molar-refractivity contribution in [3.63, 3.8) is 0 Å². The standard InChI is InChI=1S/C9H9N5O3/c10-7-5(9(15)16)1-2-11-8(7)12-3-6-13-4-17-14-6/h1-2,4H,3,10H2,(H,11,12)(H,15,16). The summed E-state index contributed by atoms with van der Waals surface area (Å²) in [6.07, 6.45) is 2.56. The van der Waals surface area contributed by atoms with Crippen LogP contribution in [-0.2, 0) is 6.54 Å². The molecule has 2 aromatic rings. The highest BCUT2D eigenvalue weighted by molar-refractivity contribution is 5.96. The molecule has 0 saturated heterocycles. The van der Waals surface area contributed by atoms with E-state index in [1.54, 1.807) is 0 Å². The van der Waals surface area contributed by atoms with Crippen LogP contribution in [0.1, 0.15) is 16.2 Å². The van der Waals surface area contributed by atoms with Crippen LogP contribution < -0.4 is 11.1 Å². The number of carboxylic acid groups (broad SMARTS) is 1. The Kier molecular flexibility index (Phi) is 2.86. The van der Waals surface area contributed by atoms with Gasteiger partial charge in [0.1, 0.15) is 5.82 Å². The number of carbonyl (C=O) groups is 1. The maximum atomic E-state index is 10.8. The second kappa shape index (κ2) is 4.47. The molecule has 2 heterocycles. The zero-order valence-electron chi connectivity index (χ0n) is 8.62. The Labute approximate surface area is 95.5 Å². The van der Waals surface area contributed by atoms with Crippen LogP contribution in [0.4, 0.5) is 11.5 Å². The molecule has 0 unspecified atom stereocenters. The molecule has 0 saturated carbocycles. The van der Waals surface area contributed by atoms with E-state index in [0.29, 0.717) is 5.82 Å². The molecule has 0 aliphatic carbocycles. The van der Waals surface area contributed by atoms with E-state index in [1.165, 1.54) is 18.7 Å². The first-order valence-corrected chi connectivity index (χ1v) is 4.65. The molecule has 4 N–H and O–H groups in total. The summed E-state index contributed by atoms with van der Waals surface area (Å²) in [6, 6.07) is 1.33. The fourth-order valence-corrected chi connectivity index (χ4v) is 1.23. The SMILES string of the molecule is Nc1c(C(=O)O)ccnc1NCc1ncon1. The van der Waals surface area contributed by atoms with E-state index in [9.17, 15) is 4.79 Å². The van der Waals surface area contributed by atoms with Crippen LogP contribution >= 0.6 is 0 Å². The largest absolute Gasteiger partial charge is 0.478 e. The summed E-state index contributed by atoms with van der Waals surface area (Å²) >= 11 is 0. The van der Waals surface area contributed by atoms with Gasteiger partial charge in [-0.2, -0.15) is 4.98 Å². The van der Waals surface area contributed by atoms with Crippen molar-refractivity contribution in [3.05, 3.63) is 30.0 Å². The average Bonchev–Trinajstić information content (AvgIpc) is 2.80. The van der Waals surface area contributed by atoms with Gasteiger partial charge in [-0.15, -0.1) is 0 Å². The van der Waals surface area contributed by atoms with Crippen molar-refractivity contribution in [2.24, 2.45) is 0 Å². The topological polar surface area (TPSA) is 127 Å². The van der Waals surface area contributed by atoms with Crippen molar-refractivity contribution in [1.29, 1.82) is 0 Å². The zero-order chi connectivity index (χ0) is 12.3. The van der Waals surface area contributed by atoms with Gasteiger partial charge in [-0.3, -0.25) is 0 Å². The summed E-state index contributed by atoms with van der Waals surface area (Å²) in [5.41, 5.74) is 5.72. The van der Waals surface area contributed by atoms with E-state index in [1.807, 2.05) is 0 Å². The molecule has 8 nitrogen and oxygen atoms in total. The summed E-state index contributed by atoms with van der Waals surface area (Å²) in [4.78, 5) is 18.6. The fourth-order valence-electron chi connectivity index (χ4n) is 1.23. The quantitative estimate of drug-likeness (QED) is 0.692. The van der Waals surface area contributed by atoms with Gasteiger partial charge in [-0.25, -0.2) is 9.78 Å². The van der Waals surface area contributed by atoms with E-state index in [0.717, 1.165) is 0 Å². The van der Waals surface area contributed by atoms with Crippen LogP contribution in [0, 0.1) is 0 Å². The third kappa shape index (κ3) is 2.30. The smallest absolute Gasteiger partial charge is 0.337 e. The molecular weight excluding hydrogens is 226 g/mol. The molecule has 17 heavy (non-hydrogen) atoms. The first kappa shape index (κ1) is 10.9. The minimum atomic E-state index is -1.10. The lowest BCUT2D eigenvalue weighted by Gasteiger charge is -2.07. The van der Waals surface area contributed by atoms with Crippen LogP contribution in [-0.4, -0.2) is 26.2 Å². The van der Waals surface area contributed by atoms with Gasteiger partial charge in [0.25, 0.3) is 0 Å². The lowest BCUT2D eigenvalue weighted by molar-refractivity contribution is 0.0698. The monoisotopic (exact) mass is 235 g/mol. The maximum Gasteiger partial charge on any atom is 0.337 e. The van der Waals surface area contributed by atoms with Gasteiger partial charge in [-0.1, -0.05) is 5.16 Å². The lowest BCUT2D eigenvalue weighted by Crippen LogP contribution is -2.09. The Balaban J connectivity index is 2.16. The Morgan fingerprint density at radius 1 is 1.53 bits per heavy atom. The first-order valence-electron chi connectivity index (χ1n) is 4.65. The van der Waals surface area contributed by atoms with Gasteiger partial charge in [0.15, 0.2) is 5.82 Å². The molecule has 0 aromatic carbocycles. The molecule has 0 bridgehead atoms. The van der Waals surface area contributed by atoms with Crippen molar-refractivity contribution >= 4 is 17.5 Å². The molecule has 2 rings (SSSR count). The zero-order valence-corrected chi connectivity index (χ0v) is 8.62. The van der Waals surface area contributed by atoms with Crippen LogP contribution in [0.5, 0.6) is 0 Å². The minimum absolute atomic E-state index is 0.00406. The van der Waals surface area contributed by atoms with Crippen LogP contribution in [0.15, 0.2) is 23.2 Å². The number of nitrogen functional groups attached to an aromatic ring is 1. The molecular formula is C9H9N5O3. The number of nitrogens with zero attached hydrogens (tertiary/aromatic N) is 3. The van der Waals surface area contributed by atoms with Crippen molar-refractivity contribution in [1.82, 2.24) is 15.1 Å². The van der Waals surface area contributed by atoms with E-state index in [-0.39, 0.29) is 23.6 Å². The third-order valence-corrected chi connectivity index (χ3v) is 2.04. The second-order valence-electron chi connectivity index (χ2n) is 3.13. The van der Waals surface area contributed by atoms with Gasteiger partial charge < -0.3 is 20.7 Å². The van der Waals surface area contributed by atoms with Gasteiger partial charge >= 0.3 is 5.97 Å². The summed E-state index contributed by atoms with van der Waals surface area (Å²) in [7, 11) is 0. The second-order valence-corrected chi connectivity index (χ2v) is 3.13. The van der Waals surface area contributed by atoms with E-state index < -0.39 is 5.97 Å². The van der Waals surface area contributed by atoms with Gasteiger partial charge in [0.05, 0.1) is 17.8 Å². The summed E-state index contributed by atoms with van der Waals surface area (Å²) in [5.74, 6) is -0.408. The number of anilines is 2. The molecule has 8 heteroatoms. The van der Waals surface area contributed by atoms with Crippen LogP contribution in [0.25, 0.3) is 0 Å². The number of aromatic nitrogens is 3. The molecule has 0 atom stereocenters. The fraction of sp³-hybridized carbons (Fsp3) is 0.111. The molecule has 0 aliphatic heterocycles. The Hall–Kier alpha value is -2.64. The minimum Gasteiger partial charge on any atom is -0.478 e. The number of hydrogen-bond donors (Lipinski definition) is 3. The third-order valence-electron chi connectivity index (χ3n) is 2.04. The van der Waals surface area contributed by atoms with E-state index in [4.69, 9.17) is 10.8 Å². The molecule has 0 fully saturated rings. The maximum absolute atomic E-state index is 10.8. The number of rotatable bonds is 4. The number of hydrogen-bond acceptors (Lipinski definition) is 7. The van der Waals surface area contributed by atoms with Crippen LogP contribution in [0.3, 0.4) is 0 Å². The van der Waals surface area contributed by atoms with Gasteiger partial charge in [-0.05, 0) is 6.07 Å². The number of nitrogens with one attached hydrogen (secondary N) is 1. The van der Waals surface area contributed by atoms with Crippen molar-refractivity contribution in [2.45, 2.75) is 6.54 Å². The van der Waals surface area contributed by atoms with Crippen molar-refractivity contribution in [3.8, 4) is 0 Å². The van der Waals surface area contributed by atoms with E-state index >= 15 is 0 Å². The number of carboxylic acids is 1. The Morgan fingerprint density at radius 3 is 3.00 bits per heavy atom. The van der Waals surface area contributed by atoms with Crippen molar-refractivity contribution in [2.75, 3.05) is 11.1 Å². The molecule has 0 radical (unpaired) electrons. The molecule has 0 spiro atoms. The molecule has 88 valence electrons. The highest BCUT2D eigenvalue weighted by Gasteiger charge is 2.12. The van der Waals surface area contributed by atoms with Crippen molar-refractivity contribution < 1.29 is 14.4 Å². The van der Waals surface area contributed by atoms with Gasteiger partial charge in [0, 0.05) is 6.20 Å². The normalized spacial score (nSPS) is 10.1. The number of nitrogens with two attached hydrogens (primary N) is 1. The Bertz CT molecular complexity index is 525. The molecule has 0 aliphatic rings. The predicted octanol–water partition coefficient (Wildman–Crippen LogP) is 0.357.